The van der Waals surface area contributed by atoms with Crippen LogP contribution in [0.2, 0.25) is 0 Å². The molecule has 0 radical (unpaired) electrons. The van der Waals surface area contributed by atoms with Gasteiger partial charge in [0.15, 0.2) is 12.1 Å². The second-order valence-electron chi connectivity index (χ2n) is 8.04. The summed E-state index contributed by atoms with van der Waals surface area (Å²) < 4.78 is 5.51. The maximum absolute atomic E-state index is 12.5. The topological polar surface area (TPSA) is 102 Å². The molecule has 0 bridgehead atoms. The summed E-state index contributed by atoms with van der Waals surface area (Å²) in [6, 6.07) is 13.7. The van der Waals surface area contributed by atoms with E-state index in [0.717, 1.165) is 11.1 Å². The van der Waals surface area contributed by atoms with Crippen LogP contribution >= 0.6 is 0 Å². The van der Waals surface area contributed by atoms with Crippen molar-refractivity contribution in [2.45, 2.75) is 45.9 Å². The van der Waals surface area contributed by atoms with E-state index in [1.54, 1.807) is 24.3 Å². The molecule has 1 aliphatic heterocycles. The lowest BCUT2D eigenvalue weighted by Crippen LogP contribution is -2.43. The third-order valence-corrected chi connectivity index (χ3v) is 4.93. The Hall–Kier alpha value is -3.35. The van der Waals surface area contributed by atoms with Crippen LogP contribution in [0.15, 0.2) is 48.5 Å². The normalized spacial score (nSPS) is 18.4. The Kier molecular flexibility index (Phi) is 6.40. The Bertz CT molecular complexity index is 940. The number of nitrogens with one attached hydrogen (secondary N) is 1. The van der Waals surface area contributed by atoms with Gasteiger partial charge in [-0.3, -0.25) is 14.5 Å². The van der Waals surface area contributed by atoms with Crippen molar-refractivity contribution < 1.29 is 19.1 Å². The van der Waals surface area contributed by atoms with Gasteiger partial charge in [0.1, 0.15) is 0 Å². The molecule has 7 nitrogen and oxygen atoms in total. The van der Waals surface area contributed by atoms with Crippen molar-refractivity contribution in [2.24, 2.45) is 11.7 Å². The molecule has 2 unspecified atom stereocenters. The van der Waals surface area contributed by atoms with Crippen molar-refractivity contribution in [1.29, 1.82) is 0 Å². The predicted octanol–water partition coefficient (Wildman–Crippen LogP) is 3.53. The van der Waals surface area contributed by atoms with E-state index >= 15 is 0 Å². The number of hydrogen-bond acceptors (Lipinski definition) is 4. The number of carbonyl (C=O) groups is 3. The Labute approximate surface area is 176 Å². The number of anilines is 1. The molecule has 0 aliphatic carbocycles. The van der Waals surface area contributed by atoms with E-state index < -0.39 is 24.1 Å². The number of aryl methyl sites for hydroxylation is 1. The van der Waals surface area contributed by atoms with Crippen molar-refractivity contribution in [1.82, 2.24) is 4.90 Å². The highest BCUT2D eigenvalue weighted by atomic mass is 16.6. The lowest BCUT2D eigenvalue weighted by Gasteiger charge is -2.22. The fourth-order valence-corrected chi connectivity index (χ4v) is 3.58. The molecule has 2 atom stereocenters. The summed E-state index contributed by atoms with van der Waals surface area (Å²) in [5.41, 5.74) is 8.86. The van der Waals surface area contributed by atoms with Crippen molar-refractivity contribution in [2.75, 3.05) is 5.32 Å². The molecule has 1 saturated heterocycles. The molecule has 3 rings (SSSR count). The number of carbonyl (C=O) groups excluding carboxylic acids is 3. The minimum atomic E-state index is -0.917. The van der Waals surface area contributed by atoms with Crippen LogP contribution in [0.4, 0.5) is 10.5 Å². The Morgan fingerprint density at radius 1 is 1.17 bits per heavy atom. The molecule has 30 heavy (non-hydrogen) atoms. The Morgan fingerprint density at radius 2 is 1.87 bits per heavy atom. The van der Waals surface area contributed by atoms with E-state index in [1.807, 2.05) is 45.0 Å². The average Bonchev–Trinajstić information content (AvgIpc) is 2.98. The number of benzene rings is 2. The number of cyclic esters (lactones) is 1. The quantitative estimate of drug-likeness (QED) is 0.730. The van der Waals surface area contributed by atoms with E-state index in [1.165, 1.54) is 4.90 Å². The number of ether oxygens (including phenoxy) is 1. The van der Waals surface area contributed by atoms with E-state index in [4.69, 9.17) is 10.5 Å². The smallest absolute Gasteiger partial charge is 0.411 e. The van der Waals surface area contributed by atoms with Gasteiger partial charge in [-0.25, -0.2) is 4.79 Å². The van der Waals surface area contributed by atoms with Crippen molar-refractivity contribution in [3.8, 4) is 0 Å². The van der Waals surface area contributed by atoms with Gasteiger partial charge in [-0.05, 0) is 36.1 Å². The minimum absolute atomic E-state index is 0.0654. The molecule has 3 amide bonds. The molecule has 0 spiro atoms. The van der Waals surface area contributed by atoms with Crippen molar-refractivity contribution in [3.05, 3.63) is 65.2 Å². The fourth-order valence-electron chi connectivity index (χ4n) is 3.58. The summed E-state index contributed by atoms with van der Waals surface area (Å²) in [7, 11) is 0. The molecule has 7 heteroatoms. The predicted molar refractivity (Wildman–Crippen MR) is 113 cm³/mol. The van der Waals surface area contributed by atoms with Gasteiger partial charge in [0.05, 0.1) is 6.54 Å². The molecule has 0 saturated carbocycles. The maximum atomic E-state index is 12.5. The second-order valence-corrected chi connectivity index (χ2v) is 8.04. The summed E-state index contributed by atoms with van der Waals surface area (Å²) in [5, 5.41) is 2.83. The first-order chi connectivity index (χ1) is 14.2. The van der Waals surface area contributed by atoms with Crippen molar-refractivity contribution in [3.63, 3.8) is 0 Å². The van der Waals surface area contributed by atoms with Crippen LogP contribution in [0.1, 0.15) is 43.1 Å². The number of amides is 3. The van der Waals surface area contributed by atoms with Gasteiger partial charge < -0.3 is 15.8 Å². The zero-order valence-electron chi connectivity index (χ0n) is 17.4. The first-order valence-electron chi connectivity index (χ1n) is 9.96. The van der Waals surface area contributed by atoms with Crippen LogP contribution in [0.25, 0.3) is 0 Å². The summed E-state index contributed by atoms with van der Waals surface area (Å²) in [5.74, 6) is -0.435. The van der Waals surface area contributed by atoms with Gasteiger partial charge in [0.25, 0.3) is 0 Å². The second kappa shape index (κ2) is 8.98. The summed E-state index contributed by atoms with van der Waals surface area (Å²) >= 11 is 0. The monoisotopic (exact) mass is 409 g/mol. The van der Waals surface area contributed by atoms with Gasteiger partial charge in [-0.2, -0.15) is 0 Å². The SMILES string of the molecule is Cc1cccc(CN2C(=O)OC(c3ccc(NC(=O)CC(C)C)cc3)C2C(N)=O)c1. The molecule has 3 N–H and O–H groups in total. The highest BCUT2D eigenvalue weighted by Gasteiger charge is 2.46. The molecule has 1 heterocycles. The van der Waals surface area contributed by atoms with Gasteiger partial charge in [0.2, 0.25) is 11.8 Å². The third kappa shape index (κ3) is 4.97. The number of nitrogens with zero attached hydrogens (tertiary/aromatic N) is 1. The van der Waals surface area contributed by atoms with Crippen LogP contribution in [0.3, 0.4) is 0 Å². The Balaban J connectivity index is 1.77. The van der Waals surface area contributed by atoms with Gasteiger partial charge in [0, 0.05) is 12.1 Å². The molecular weight excluding hydrogens is 382 g/mol. The fraction of sp³-hybridized carbons (Fsp3) is 0.348. The number of primary amides is 1. The van der Waals surface area contributed by atoms with Crippen LogP contribution in [0, 0.1) is 12.8 Å². The standard InChI is InChI=1S/C23H27N3O4/c1-14(2)11-19(27)25-18-9-7-17(8-10-18)21-20(22(24)28)26(23(29)30-21)13-16-6-4-5-15(3)12-16/h4-10,12,14,20-21H,11,13H2,1-3H3,(H2,24,28)(H,25,27). The van der Waals surface area contributed by atoms with Gasteiger partial charge in [-0.1, -0.05) is 55.8 Å². The van der Waals surface area contributed by atoms with Crippen LogP contribution in [0.5, 0.6) is 0 Å². The van der Waals surface area contributed by atoms with Crippen LogP contribution in [-0.2, 0) is 20.9 Å². The van der Waals surface area contributed by atoms with E-state index in [2.05, 4.69) is 5.32 Å². The average molecular weight is 409 g/mol. The zero-order valence-corrected chi connectivity index (χ0v) is 17.4. The molecular formula is C23H27N3O4. The highest BCUT2D eigenvalue weighted by Crippen LogP contribution is 2.34. The third-order valence-electron chi connectivity index (χ3n) is 4.93. The van der Waals surface area contributed by atoms with E-state index in [-0.39, 0.29) is 18.4 Å². The zero-order chi connectivity index (χ0) is 21.8. The Morgan fingerprint density at radius 3 is 2.47 bits per heavy atom. The molecule has 2 aromatic rings. The molecule has 0 aromatic heterocycles. The van der Waals surface area contributed by atoms with Gasteiger partial charge in [-0.15, -0.1) is 0 Å². The first kappa shape index (κ1) is 21.4. The largest absolute Gasteiger partial charge is 0.438 e. The summed E-state index contributed by atoms with van der Waals surface area (Å²) in [6.07, 6.45) is -0.959. The summed E-state index contributed by atoms with van der Waals surface area (Å²) in [6.45, 7) is 6.14. The maximum Gasteiger partial charge on any atom is 0.411 e. The molecule has 1 aliphatic rings. The van der Waals surface area contributed by atoms with E-state index in [9.17, 15) is 14.4 Å². The van der Waals surface area contributed by atoms with Crippen LogP contribution in [-0.4, -0.2) is 28.8 Å². The van der Waals surface area contributed by atoms with Gasteiger partial charge >= 0.3 is 6.09 Å². The van der Waals surface area contributed by atoms with E-state index in [0.29, 0.717) is 17.7 Å². The molecule has 158 valence electrons. The lowest BCUT2D eigenvalue weighted by atomic mass is 10.0. The first-order valence-corrected chi connectivity index (χ1v) is 9.96. The van der Waals surface area contributed by atoms with Crippen molar-refractivity contribution >= 4 is 23.6 Å². The number of nitrogens with two attached hydrogens (primary N) is 1. The lowest BCUT2D eigenvalue weighted by molar-refractivity contribution is -0.123. The minimum Gasteiger partial charge on any atom is -0.438 e. The molecule has 2 aromatic carbocycles. The molecule has 1 fully saturated rings. The number of hydrogen-bond donors (Lipinski definition) is 2. The van der Waals surface area contributed by atoms with Crippen LogP contribution < -0.4 is 11.1 Å². The summed E-state index contributed by atoms with van der Waals surface area (Å²) in [4.78, 5) is 38.0. The highest BCUT2D eigenvalue weighted by molar-refractivity contribution is 5.91. The number of rotatable bonds is 7.